The quantitative estimate of drug-likeness (QED) is 0.817. The molecule has 24 heavy (non-hydrogen) atoms. The van der Waals surface area contributed by atoms with Gasteiger partial charge in [-0.15, -0.1) is 0 Å². The van der Waals surface area contributed by atoms with Crippen LogP contribution in [0.5, 0.6) is 0 Å². The standard InChI is InChI=1S/C13H18N2O.C5H12N2O/c1-11-3-5-12(6-4-11)13(16)15-9-7-14(2)8-10-15;1-7-3-2-5(4-7)8-6/h3-6H,7-10H2,1-2H3;5H,2-4,6H2,1H3. The maximum atomic E-state index is 12.1. The van der Waals surface area contributed by atoms with Crippen molar-refractivity contribution in [3.05, 3.63) is 35.4 Å². The highest BCUT2D eigenvalue weighted by molar-refractivity contribution is 5.94. The van der Waals surface area contributed by atoms with Crippen molar-refractivity contribution in [2.45, 2.75) is 19.4 Å². The fraction of sp³-hybridized carbons (Fsp3) is 0.611. The number of carbonyl (C=O) groups excluding carboxylic acids is 1. The van der Waals surface area contributed by atoms with Crippen LogP contribution >= 0.6 is 0 Å². The molecular formula is C18H30N4O2. The largest absolute Gasteiger partial charge is 0.336 e. The molecule has 1 amide bonds. The summed E-state index contributed by atoms with van der Waals surface area (Å²) in [7, 11) is 4.16. The Morgan fingerprint density at radius 3 is 2.12 bits per heavy atom. The van der Waals surface area contributed by atoms with Crippen LogP contribution in [0, 0.1) is 6.92 Å². The van der Waals surface area contributed by atoms with E-state index in [0.29, 0.717) is 0 Å². The molecule has 2 fully saturated rings. The summed E-state index contributed by atoms with van der Waals surface area (Å²) in [5.41, 5.74) is 1.99. The molecule has 0 radical (unpaired) electrons. The minimum absolute atomic E-state index is 0.160. The Labute approximate surface area is 145 Å². The molecule has 2 aliphatic rings. The second-order valence-corrected chi connectivity index (χ2v) is 6.77. The number of nitrogens with two attached hydrogens (primary N) is 1. The second-order valence-electron chi connectivity index (χ2n) is 6.77. The summed E-state index contributed by atoms with van der Waals surface area (Å²) < 4.78 is 0. The van der Waals surface area contributed by atoms with Gasteiger partial charge in [0, 0.05) is 44.8 Å². The topological polar surface area (TPSA) is 62.0 Å². The predicted molar refractivity (Wildman–Crippen MR) is 95.8 cm³/mol. The van der Waals surface area contributed by atoms with Crippen LogP contribution in [0.3, 0.4) is 0 Å². The summed E-state index contributed by atoms with van der Waals surface area (Å²) in [6, 6.07) is 7.80. The molecule has 2 N–H and O–H groups in total. The Kier molecular flexibility index (Phi) is 7.17. The average molecular weight is 334 g/mol. The SMILES string of the molecule is CN1CCC(ON)C1.Cc1ccc(C(=O)N2CCN(C)CC2)cc1. The third-order valence-corrected chi connectivity index (χ3v) is 4.63. The lowest BCUT2D eigenvalue weighted by molar-refractivity contribution is 0.0614. The number of aryl methyl sites for hydroxylation is 1. The number of likely N-dealkylation sites (N-methyl/N-ethyl adjacent to an activating group) is 2. The average Bonchev–Trinajstić information content (AvgIpc) is 3.02. The lowest BCUT2D eigenvalue weighted by atomic mass is 10.1. The monoisotopic (exact) mass is 334 g/mol. The van der Waals surface area contributed by atoms with Gasteiger partial charge in [-0.1, -0.05) is 17.7 Å². The van der Waals surface area contributed by atoms with Crippen LogP contribution < -0.4 is 5.90 Å². The number of nitrogens with zero attached hydrogens (tertiary/aromatic N) is 3. The molecule has 1 unspecified atom stereocenters. The Hall–Kier alpha value is -1.47. The van der Waals surface area contributed by atoms with E-state index in [1.54, 1.807) is 0 Å². The first-order chi connectivity index (χ1) is 11.5. The number of amides is 1. The molecule has 134 valence electrons. The lowest BCUT2D eigenvalue weighted by Gasteiger charge is -2.32. The fourth-order valence-electron chi connectivity index (χ4n) is 2.89. The van der Waals surface area contributed by atoms with Crippen molar-refractivity contribution in [3.63, 3.8) is 0 Å². The Balaban J connectivity index is 0.000000219. The minimum Gasteiger partial charge on any atom is -0.336 e. The van der Waals surface area contributed by atoms with Crippen LogP contribution in [0.15, 0.2) is 24.3 Å². The van der Waals surface area contributed by atoms with Gasteiger partial charge >= 0.3 is 0 Å². The van der Waals surface area contributed by atoms with Crippen molar-refractivity contribution in [1.29, 1.82) is 0 Å². The molecule has 2 aliphatic heterocycles. The highest BCUT2D eigenvalue weighted by Crippen LogP contribution is 2.09. The summed E-state index contributed by atoms with van der Waals surface area (Å²) in [6.07, 6.45) is 1.35. The van der Waals surface area contributed by atoms with Gasteiger partial charge in [0.2, 0.25) is 0 Å². The molecular weight excluding hydrogens is 304 g/mol. The van der Waals surface area contributed by atoms with E-state index in [0.717, 1.165) is 51.3 Å². The zero-order valence-electron chi connectivity index (χ0n) is 15.1. The van der Waals surface area contributed by atoms with Gasteiger partial charge in [-0.2, -0.15) is 0 Å². The van der Waals surface area contributed by atoms with Crippen LogP contribution in [0.4, 0.5) is 0 Å². The van der Waals surface area contributed by atoms with E-state index in [9.17, 15) is 4.79 Å². The fourth-order valence-corrected chi connectivity index (χ4v) is 2.89. The van der Waals surface area contributed by atoms with Crippen molar-refractivity contribution in [3.8, 4) is 0 Å². The van der Waals surface area contributed by atoms with E-state index in [4.69, 9.17) is 5.90 Å². The molecule has 6 heteroatoms. The van der Waals surface area contributed by atoms with Crippen LogP contribution in [0.1, 0.15) is 22.3 Å². The van der Waals surface area contributed by atoms with Gasteiger partial charge in [0.15, 0.2) is 0 Å². The molecule has 1 aromatic carbocycles. The van der Waals surface area contributed by atoms with Crippen molar-refractivity contribution in [2.75, 3.05) is 53.4 Å². The first kappa shape index (κ1) is 18.9. The van der Waals surface area contributed by atoms with Gasteiger partial charge in [0.25, 0.3) is 5.91 Å². The Morgan fingerprint density at radius 2 is 1.67 bits per heavy atom. The molecule has 0 bridgehead atoms. The summed E-state index contributed by atoms with van der Waals surface area (Å²) >= 11 is 0. The van der Waals surface area contributed by atoms with E-state index >= 15 is 0 Å². The van der Waals surface area contributed by atoms with Crippen molar-refractivity contribution in [1.82, 2.24) is 14.7 Å². The zero-order valence-corrected chi connectivity index (χ0v) is 15.1. The smallest absolute Gasteiger partial charge is 0.253 e. The van der Waals surface area contributed by atoms with Crippen molar-refractivity contribution >= 4 is 5.91 Å². The summed E-state index contributed by atoms with van der Waals surface area (Å²) in [5, 5.41) is 0. The maximum absolute atomic E-state index is 12.1. The molecule has 1 aromatic rings. The van der Waals surface area contributed by atoms with Crippen LogP contribution in [0.25, 0.3) is 0 Å². The highest BCUT2D eigenvalue weighted by atomic mass is 16.6. The molecule has 3 rings (SSSR count). The molecule has 1 atom stereocenters. The van der Waals surface area contributed by atoms with Gasteiger partial charge < -0.3 is 14.7 Å². The summed E-state index contributed by atoms with van der Waals surface area (Å²) in [4.78, 5) is 23.2. The van der Waals surface area contributed by atoms with Crippen molar-refractivity contribution < 1.29 is 9.63 Å². The number of hydrogen-bond donors (Lipinski definition) is 1. The number of carbonyl (C=O) groups is 1. The number of hydrogen-bond acceptors (Lipinski definition) is 5. The van der Waals surface area contributed by atoms with Gasteiger partial charge in [-0.3, -0.25) is 9.63 Å². The number of piperazine rings is 1. The van der Waals surface area contributed by atoms with Gasteiger partial charge in [0.1, 0.15) is 0 Å². The van der Waals surface area contributed by atoms with E-state index in [1.807, 2.05) is 36.1 Å². The van der Waals surface area contributed by atoms with E-state index in [1.165, 1.54) is 5.56 Å². The maximum Gasteiger partial charge on any atom is 0.253 e. The predicted octanol–water partition coefficient (Wildman–Crippen LogP) is 0.963. The third kappa shape index (κ3) is 5.56. The van der Waals surface area contributed by atoms with Gasteiger partial charge in [-0.05, 0) is 39.6 Å². The molecule has 2 saturated heterocycles. The third-order valence-electron chi connectivity index (χ3n) is 4.63. The highest BCUT2D eigenvalue weighted by Gasteiger charge is 2.20. The van der Waals surface area contributed by atoms with Crippen LogP contribution in [-0.2, 0) is 4.84 Å². The molecule has 0 aromatic heterocycles. The number of likely N-dealkylation sites (tertiary alicyclic amines) is 1. The molecule has 6 nitrogen and oxygen atoms in total. The summed E-state index contributed by atoms with van der Waals surface area (Å²) in [5.74, 6) is 5.13. The van der Waals surface area contributed by atoms with Gasteiger partial charge in [-0.25, -0.2) is 5.90 Å². The van der Waals surface area contributed by atoms with Gasteiger partial charge in [0.05, 0.1) is 6.10 Å². The minimum atomic E-state index is 0.160. The number of rotatable bonds is 2. The van der Waals surface area contributed by atoms with Crippen LogP contribution in [0.2, 0.25) is 0 Å². The Morgan fingerprint density at radius 1 is 1.04 bits per heavy atom. The van der Waals surface area contributed by atoms with E-state index in [-0.39, 0.29) is 12.0 Å². The first-order valence-electron chi connectivity index (χ1n) is 8.58. The van der Waals surface area contributed by atoms with Crippen LogP contribution in [-0.4, -0.2) is 80.1 Å². The first-order valence-corrected chi connectivity index (χ1v) is 8.58. The zero-order chi connectivity index (χ0) is 17.5. The number of benzene rings is 1. The lowest BCUT2D eigenvalue weighted by Crippen LogP contribution is -2.47. The van der Waals surface area contributed by atoms with Crippen molar-refractivity contribution in [2.24, 2.45) is 5.90 Å². The second kappa shape index (κ2) is 9.13. The summed E-state index contributed by atoms with van der Waals surface area (Å²) in [6.45, 7) is 7.74. The molecule has 0 aliphatic carbocycles. The molecule has 0 saturated carbocycles. The van der Waals surface area contributed by atoms with E-state index < -0.39 is 0 Å². The Bertz CT molecular complexity index is 512. The molecule has 2 heterocycles. The van der Waals surface area contributed by atoms with E-state index in [2.05, 4.69) is 28.7 Å². The molecule has 0 spiro atoms. The normalized spacial score (nSPS) is 22.2.